The second-order valence-corrected chi connectivity index (χ2v) is 9.92. The van der Waals surface area contributed by atoms with Crippen molar-refractivity contribution < 1.29 is 14.3 Å². The number of carbonyl (C=O) groups is 1. The van der Waals surface area contributed by atoms with Crippen LogP contribution in [0.15, 0.2) is 42.7 Å². The van der Waals surface area contributed by atoms with Crippen molar-refractivity contribution in [2.45, 2.75) is 44.3 Å². The standard InChI is InChI=1S/C26H31ClFN5O2/c1-17(21-7-5-18(27)12-22(21)28)33-16-30-23-8-6-19(13-25(23)33)31-10-11-32(20(14-31)15-34)26(35)24-4-2-3-9-29-24/h5-8,12-13,16-17,20,24,29,34H,2-4,9-11,14-15H2,1H3/t17-,20+,24-/m1/s1. The monoisotopic (exact) mass is 499 g/mol. The average molecular weight is 500 g/mol. The minimum absolute atomic E-state index is 0.0813. The lowest BCUT2D eigenvalue weighted by Crippen LogP contribution is -2.60. The van der Waals surface area contributed by atoms with Crippen LogP contribution in [0.4, 0.5) is 10.1 Å². The third-order valence-electron chi connectivity index (χ3n) is 7.34. The third kappa shape index (κ3) is 4.75. The summed E-state index contributed by atoms with van der Waals surface area (Å²) in [5.74, 6) is -0.252. The number of anilines is 1. The first-order valence-corrected chi connectivity index (χ1v) is 12.6. The topological polar surface area (TPSA) is 73.6 Å². The lowest BCUT2D eigenvalue weighted by molar-refractivity contribution is -0.137. The van der Waals surface area contributed by atoms with Gasteiger partial charge in [0.25, 0.3) is 0 Å². The Labute approximate surface area is 209 Å². The maximum absolute atomic E-state index is 14.6. The number of aliphatic hydroxyl groups is 1. The van der Waals surface area contributed by atoms with Gasteiger partial charge in [-0.2, -0.15) is 0 Å². The number of nitrogens with zero attached hydrogens (tertiary/aromatic N) is 4. The number of hydrogen-bond acceptors (Lipinski definition) is 5. The molecular formula is C26H31ClFN5O2. The Bertz CT molecular complexity index is 1210. The molecule has 186 valence electrons. The molecule has 3 heterocycles. The van der Waals surface area contributed by atoms with E-state index >= 15 is 0 Å². The summed E-state index contributed by atoms with van der Waals surface area (Å²) in [5, 5.41) is 13.8. The Morgan fingerprint density at radius 1 is 1.26 bits per heavy atom. The van der Waals surface area contributed by atoms with Gasteiger partial charge in [-0.25, -0.2) is 9.37 Å². The predicted octanol–water partition coefficient (Wildman–Crippen LogP) is 3.59. The lowest BCUT2D eigenvalue weighted by atomic mass is 10.0. The number of rotatable bonds is 5. The molecule has 0 spiro atoms. The van der Waals surface area contributed by atoms with E-state index in [1.54, 1.807) is 18.5 Å². The van der Waals surface area contributed by atoms with E-state index in [0.29, 0.717) is 30.2 Å². The molecule has 0 bridgehead atoms. The Kier molecular flexibility index (Phi) is 6.95. The number of halogens is 2. The van der Waals surface area contributed by atoms with E-state index in [9.17, 15) is 14.3 Å². The van der Waals surface area contributed by atoms with E-state index in [-0.39, 0.29) is 36.5 Å². The van der Waals surface area contributed by atoms with Gasteiger partial charge in [0, 0.05) is 35.9 Å². The molecule has 9 heteroatoms. The summed E-state index contributed by atoms with van der Waals surface area (Å²) in [4.78, 5) is 21.6. The number of carbonyl (C=O) groups excluding carboxylic acids is 1. The van der Waals surface area contributed by atoms with E-state index in [1.807, 2.05) is 28.5 Å². The first-order valence-electron chi connectivity index (χ1n) is 12.3. The van der Waals surface area contributed by atoms with Gasteiger partial charge in [0.05, 0.1) is 42.1 Å². The van der Waals surface area contributed by atoms with Crippen LogP contribution >= 0.6 is 11.6 Å². The summed E-state index contributed by atoms with van der Waals surface area (Å²) in [7, 11) is 0. The van der Waals surface area contributed by atoms with Crippen molar-refractivity contribution in [2.75, 3.05) is 37.7 Å². The van der Waals surface area contributed by atoms with Gasteiger partial charge < -0.3 is 24.8 Å². The summed E-state index contributed by atoms with van der Waals surface area (Å²) >= 11 is 5.94. The van der Waals surface area contributed by atoms with Crippen LogP contribution in [0.5, 0.6) is 0 Å². The van der Waals surface area contributed by atoms with Crippen molar-refractivity contribution in [1.29, 1.82) is 0 Å². The molecule has 2 aliphatic rings. The Morgan fingerprint density at radius 2 is 2.11 bits per heavy atom. The molecule has 3 aromatic rings. The molecule has 2 fully saturated rings. The summed E-state index contributed by atoms with van der Waals surface area (Å²) in [6, 6.07) is 10.1. The van der Waals surface area contributed by atoms with Crippen LogP contribution in [-0.4, -0.2) is 70.3 Å². The smallest absolute Gasteiger partial charge is 0.240 e. The lowest BCUT2D eigenvalue weighted by Gasteiger charge is -2.43. The Morgan fingerprint density at radius 3 is 2.86 bits per heavy atom. The summed E-state index contributed by atoms with van der Waals surface area (Å²) in [5.41, 5.74) is 3.26. The minimum atomic E-state index is -0.345. The molecular weight excluding hydrogens is 469 g/mol. The molecule has 0 radical (unpaired) electrons. The molecule has 1 aromatic heterocycles. The van der Waals surface area contributed by atoms with Crippen molar-refractivity contribution >= 4 is 34.2 Å². The number of amides is 1. The van der Waals surface area contributed by atoms with Crippen LogP contribution < -0.4 is 10.2 Å². The van der Waals surface area contributed by atoms with Crippen LogP contribution in [-0.2, 0) is 4.79 Å². The molecule has 2 saturated heterocycles. The van der Waals surface area contributed by atoms with Gasteiger partial charge in [0.15, 0.2) is 0 Å². The second kappa shape index (κ2) is 10.1. The molecule has 0 unspecified atom stereocenters. The fourth-order valence-corrected chi connectivity index (χ4v) is 5.47. The number of piperidine rings is 1. The molecule has 1 amide bonds. The first-order chi connectivity index (χ1) is 17.0. The van der Waals surface area contributed by atoms with Crippen molar-refractivity contribution in [2.24, 2.45) is 0 Å². The van der Waals surface area contributed by atoms with Crippen LogP contribution in [0.1, 0.15) is 37.8 Å². The van der Waals surface area contributed by atoms with Crippen molar-refractivity contribution in [1.82, 2.24) is 19.8 Å². The van der Waals surface area contributed by atoms with Gasteiger partial charge >= 0.3 is 0 Å². The van der Waals surface area contributed by atoms with Crippen molar-refractivity contribution in [3.05, 3.63) is 59.1 Å². The number of aromatic nitrogens is 2. The molecule has 2 aromatic carbocycles. The highest BCUT2D eigenvalue weighted by Gasteiger charge is 2.34. The molecule has 0 aliphatic carbocycles. The number of piperazine rings is 1. The van der Waals surface area contributed by atoms with E-state index in [1.165, 1.54) is 6.07 Å². The van der Waals surface area contributed by atoms with E-state index in [4.69, 9.17) is 11.6 Å². The number of aliphatic hydroxyl groups excluding tert-OH is 1. The fraction of sp³-hybridized carbons (Fsp3) is 0.462. The maximum Gasteiger partial charge on any atom is 0.240 e. The largest absolute Gasteiger partial charge is 0.394 e. The summed E-state index contributed by atoms with van der Waals surface area (Å²) in [6.45, 7) is 4.51. The first kappa shape index (κ1) is 24.0. The Balaban J connectivity index is 1.37. The summed E-state index contributed by atoms with van der Waals surface area (Å²) in [6.07, 6.45) is 4.74. The zero-order valence-corrected chi connectivity index (χ0v) is 20.6. The summed E-state index contributed by atoms with van der Waals surface area (Å²) < 4.78 is 16.6. The molecule has 2 aliphatic heterocycles. The molecule has 35 heavy (non-hydrogen) atoms. The number of imidazole rings is 1. The van der Waals surface area contributed by atoms with Gasteiger partial charge in [-0.1, -0.05) is 24.1 Å². The number of hydrogen-bond donors (Lipinski definition) is 2. The van der Waals surface area contributed by atoms with Gasteiger partial charge in [-0.15, -0.1) is 0 Å². The molecule has 5 rings (SSSR count). The van der Waals surface area contributed by atoms with Crippen LogP contribution in [0.25, 0.3) is 11.0 Å². The average Bonchev–Trinajstić information content (AvgIpc) is 3.31. The molecule has 7 nitrogen and oxygen atoms in total. The van der Waals surface area contributed by atoms with Crippen LogP contribution in [0, 0.1) is 5.82 Å². The maximum atomic E-state index is 14.6. The van der Waals surface area contributed by atoms with Crippen molar-refractivity contribution in [3.8, 4) is 0 Å². The van der Waals surface area contributed by atoms with E-state index in [2.05, 4.69) is 21.3 Å². The zero-order chi connectivity index (χ0) is 24.5. The van der Waals surface area contributed by atoms with Gasteiger partial charge in [-0.3, -0.25) is 4.79 Å². The highest BCUT2D eigenvalue weighted by molar-refractivity contribution is 6.30. The SMILES string of the molecule is C[C@H](c1ccc(Cl)cc1F)n1cnc2ccc(N3CCN(C(=O)[C@H]4CCCCN4)[C@H](CO)C3)cc21. The van der Waals surface area contributed by atoms with Gasteiger partial charge in [0.1, 0.15) is 5.82 Å². The molecule has 3 atom stereocenters. The zero-order valence-electron chi connectivity index (χ0n) is 19.8. The number of fused-ring (bicyclic) bond motifs is 1. The quantitative estimate of drug-likeness (QED) is 0.561. The molecule has 2 N–H and O–H groups in total. The highest BCUT2D eigenvalue weighted by atomic mass is 35.5. The molecule has 0 saturated carbocycles. The highest BCUT2D eigenvalue weighted by Crippen LogP contribution is 2.30. The van der Waals surface area contributed by atoms with Crippen molar-refractivity contribution in [3.63, 3.8) is 0 Å². The fourth-order valence-electron chi connectivity index (χ4n) is 5.31. The van der Waals surface area contributed by atoms with Crippen LogP contribution in [0.3, 0.4) is 0 Å². The number of benzene rings is 2. The van der Waals surface area contributed by atoms with Crippen LogP contribution in [0.2, 0.25) is 5.02 Å². The second-order valence-electron chi connectivity index (χ2n) is 9.48. The van der Waals surface area contributed by atoms with E-state index < -0.39 is 0 Å². The Hall–Kier alpha value is -2.68. The number of nitrogens with one attached hydrogen (secondary N) is 1. The minimum Gasteiger partial charge on any atom is -0.394 e. The van der Waals surface area contributed by atoms with Gasteiger partial charge in [0.2, 0.25) is 5.91 Å². The third-order valence-corrected chi connectivity index (χ3v) is 7.57. The van der Waals surface area contributed by atoms with E-state index in [0.717, 1.165) is 42.5 Å². The van der Waals surface area contributed by atoms with Gasteiger partial charge in [-0.05, 0) is 56.6 Å². The normalized spacial score (nSPS) is 21.9. The predicted molar refractivity (Wildman–Crippen MR) is 135 cm³/mol.